The highest BCUT2D eigenvalue weighted by atomic mass is 35.5. The maximum atomic E-state index is 8.86. The molecule has 1 fully saturated rings. The third kappa shape index (κ3) is 1.68. The molecule has 0 aromatic rings. The van der Waals surface area contributed by atoms with Crippen molar-refractivity contribution < 1.29 is 0 Å². The molecule has 0 bridgehead atoms. The van der Waals surface area contributed by atoms with Crippen LogP contribution in [0.5, 0.6) is 0 Å². The number of halogens is 1. The zero-order valence-corrected chi connectivity index (χ0v) is 7.86. The first-order chi connectivity index (χ1) is 5.08. The SMILES string of the molecule is CC1CCC(C)C(Cl)(C#N)C1. The summed E-state index contributed by atoms with van der Waals surface area (Å²) in [5.41, 5.74) is 0. The summed E-state index contributed by atoms with van der Waals surface area (Å²) >= 11 is 6.14. The molecule has 0 aromatic heterocycles. The predicted molar refractivity (Wildman–Crippen MR) is 46.4 cm³/mol. The van der Waals surface area contributed by atoms with Gasteiger partial charge in [0.25, 0.3) is 0 Å². The zero-order chi connectivity index (χ0) is 8.48. The summed E-state index contributed by atoms with van der Waals surface area (Å²) in [6.45, 7) is 4.24. The fraction of sp³-hybridized carbons (Fsp3) is 0.889. The van der Waals surface area contributed by atoms with Gasteiger partial charge in [0, 0.05) is 0 Å². The van der Waals surface area contributed by atoms with Crippen molar-refractivity contribution in [1.82, 2.24) is 0 Å². The van der Waals surface area contributed by atoms with Crippen molar-refractivity contribution in [2.24, 2.45) is 11.8 Å². The van der Waals surface area contributed by atoms with Crippen LogP contribution in [0, 0.1) is 23.2 Å². The zero-order valence-electron chi connectivity index (χ0n) is 7.10. The molecule has 3 atom stereocenters. The van der Waals surface area contributed by atoms with Gasteiger partial charge in [-0.2, -0.15) is 5.26 Å². The highest BCUT2D eigenvalue weighted by Crippen LogP contribution is 2.40. The molecule has 1 nitrogen and oxygen atoms in total. The second-order valence-corrected chi connectivity index (χ2v) is 4.44. The average molecular weight is 172 g/mol. The molecule has 2 heteroatoms. The molecule has 0 aromatic carbocycles. The molecule has 0 aliphatic heterocycles. The van der Waals surface area contributed by atoms with E-state index in [0.717, 1.165) is 12.8 Å². The Bertz CT molecular complexity index is 184. The highest BCUT2D eigenvalue weighted by Gasteiger charge is 2.38. The van der Waals surface area contributed by atoms with Crippen molar-refractivity contribution in [3.05, 3.63) is 0 Å². The molecule has 0 heterocycles. The number of alkyl halides is 1. The highest BCUT2D eigenvalue weighted by molar-refractivity contribution is 6.26. The van der Waals surface area contributed by atoms with E-state index in [-0.39, 0.29) is 0 Å². The Hall–Kier alpha value is -0.220. The molecule has 0 saturated heterocycles. The van der Waals surface area contributed by atoms with E-state index < -0.39 is 4.87 Å². The third-order valence-corrected chi connectivity index (χ3v) is 3.32. The predicted octanol–water partition coefficient (Wildman–Crippen LogP) is 2.94. The molecule has 0 radical (unpaired) electrons. The van der Waals surface area contributed by atoms with Crippen LogP contribution < -0.4 is 0 Å². The van der Waals surface area contributed by atoms with Gasteiger partial charge in [-0.3, -0.25) is 0 Å². The summed E-state index contributed by atoms with van der Waals surface area (Å²) in [6.07, 6.45) is 3.17. The van der Waals surface area contributed by atoms with Gasteiger partial charge in [0.1, 0.15) is 4.87 Å². The van der Waals surface area contributed by atoms with Crippen LogP contribution in [0.25, 0.3) is 0 Å². The minimum absolute atomic E-state index is 0.352. The van der Waals surface area contributed by atoms with Crippen molar-refractivity contribution in [2.75, 3.05) is 0 Å². The second kappa shape index (κ2) is 3.03. The maximum absolute atomic E-state index is 8.86. The normalized spacial score (nSPS) is 44.9. The van der Waals surface area contributed by atoms with Crippen molar-refractivity contribution in [3.8, 4) is 6.07 Å². The molecule has 0 N–H and O–H groups in total. The lowest BCUT2D eigenvalue weighted by atomic mass is 9.76. The van der Waals surface area contributed by atoms with Gasteiger partial charge < -0.3 is 0 Å². The smallest absolute Gasteiger partial charge is 0.133 e. The Morgan fingerprint density at radius 1 is 1.45 bits per heavy atom. The molecular weight excluding hydrogens is 158 g/mol. The number of nitriles is 1. The van der Waals surface area contributed by atoms with Gasteiger partial charge >= 0.3 is 0 Å². The Labute approximate surface area is 73.3 Å². The van der Waals surface area contributed by atoms with E-state index in [0.29, 0.717) is 11.8 Å². The first-order valence-electron chi connectivity index (χ1n) is 4.18. The van der Waals surface area contributed by atoms with Gasteiger partial charge in [0.2, 0.25) is 0 Å². The third-order valence-electron chi connectivity index (χ3n) is 2.70. The van der Waals surface area contributed by atoms with E-state index >= 15 is 0 Å². The molecule has 0 spiro atoms. The van der Waals surface area contributed by atoms with Crippen molar-refractivity contribution >= 4 is 11.6 Å². The van der Waals surface area contributed by atoms with Crippen molar-refractivity contribution in [1.29, 1.82) is 5.26 Å². The minimum atomic E-state index is -0.572. The monoisotopic (exact) mass is 171 g/mol. The molecule has 11 heavy (non-hydrogen) atoms. The fourth-order valence-corrected chi connectivity index (χ4v) is 2.10. The van der Waals surface area contributed by atoms with E-state index in [9.17, 15) is 0 Å². The largest absolute Gasteiger partial charge is 0.196 e. The van der Waals surface area contributed by atoms with E-state index in [1.165, 1.54) is 6.42 Å². The van der Waals surface area contributed by atoms with Crippen LogP contribution >= 0.6 is 11.6 Å². The quantitative estimate of drug-likeness (QED) is 0.514. The summed E-state index contributed by atoms with van der Waals surface area (Å²) in [7, 11) is 0. The molecule has 1 aliphatic rings. The van der Waals surface area contributed by atoms with E-state index in [1.807, 2.05) is 0 Å². The van der Waals surface area contributed by atoms with Crippen molar-refractivity contribution in [2.45, 2.75) is 38.0 Å². The summed E-state index contributed by atoms with van der Waals surface area (Å²) < 4.78 is 0. The van der Waals surface area contributed by atoms with Crippen LogP contribution in [0.3, 0.4) is 0 Å². The lowest BCUT2D eigenvalue weighted by molar-refractivity contribution is 0.271. The van der Waals surface area contributed by atoms with Gasteiger partial charge in [-0.1, -0.05) is 20.3 Å². The van der Waals surface area contributed by atoms with Gasteiger partial charge in [0.05, 0.1) is 6.07 Å². The summed E-state index contributed by atoms with van der Waals surface area (Å²) in [6, 6.07) is 2.23. The fourth-order valence-electron chi connectivity index (χ4n) is 1.73. The first-order valence-corrected chi connectivity index (χ1v) is 4.56. The first kappa shape index (κ1) is 8.87. The Balaban J connectivity index is 2.70. The van der Waals surface area contributed by atoms with Crippen LogP contribution in [0.15, 0.2) is 0 Å². The Morgan fingerprint density at radius 2 is 2.09 bits per heavy atom. The van der Waals surface area contributed by atoms with Crippen LogP contribution in [-0.4, -0.2) is 4.87 Å². The van der Waals surface area contributed by atoms with Gasteiger partial charge in [0.15, 0.2) is 0 Å². The number of hydrogen-bond acceptors (Lipinski definition) is 1. The minimum Gasteiger partial charge on any atom is -0.196 e. The Kier molecular flexibility index (Phi) is 2.44. The van der Waals surface area contributed by atoms with Gasteiger partial charge in [-0.25, -0.2) is 0 Å². The molecule has 1 rings (SSSR count). The number of hydrogen-bond donors (Lipinski definition) is 0. The van der Waals surface area contributed by atoms with Crippen LogP contribution in [0.1, 0.15) is 33.1 Å². The molecule has 1 aliphatic carbocycles. The number of rotatable bonds is 0. The average Bonchev–Trinajstić information content (AvgIpc) is 1.98. The standard InChI is InChI=1S/C9H14ClN/c1-7-3-4-8(2)9(10,5-7)6-11/h7-8H,3-5H2,1-2H3. The molecule has 0 amide bonds. The summed E-state index contributed by atoms with van der Waals surface area (Å²) in [5, 5.41) is 8.86. The van der Waals surface area contributed by atoms with E-state index in [2.05, 4.69) is 19.9 Å². The summed E-state index contributed by atoms with van der Waals surface area (Å²) in [4.78, 5) is -0.572. The molecular formula is C9H14ClN. The lowest BCUT2D eigenvalue weighted by Crippen LogP contribution is -2.34. The van der Waals surface area contributed by atoms with E-state index in [4.69, 9.17) is 16.9 Å². The topological polar surface area (TPSA) is 23.8 Å². The van der Waals surface area contributed by atoms with Gasteiger partial charge in [-0.15, -0.1) is 11.6 Å². The lowest BCUT2D eigenvalue weighted by Gasteiger charge is -2.34. The maximum Gasteiger partial charge on any atom is 0.133 e. The second-order valence-electron chi connectivity index (χ2n) is 3.76. The number of nitrogens with zero attached hydrogens (tertiary/aromatic N) is 1. The Morgan fingerprint density at radius 3 is 2.55 bits per heavy atom. The molecule has 3 unspecified atom stereocenters. The van der Waals surface area contributed by atoms with Gasteiger partial charge in [-0.05, 0) is 24.7 Å². The van der Waals surface area contributed by atoms with E-state index in [1.54, 1.807) is 0 Å². The van der Waals surface area contributed by atoms with Crippen LogP contribution in [0.4, 0.5) is 0 Å². The van der Waals surface area contributed by atoms with Crippen molar-refractivity contribution in [3.63, 3.8) is 0 Å². The summed E-state index contributed by atoms with van der Waals surface area (Å²) in [5.74, 6) is 0.966. The van der Waals surface area contributed by atoms with Crippen LogP contribution in [-0.2, 0) is 0 Å². The molecule has 62 valence electrons. The molecule has 1 saturated carbocycles. The van der Waals surface area contributed by atoms with Crippen LogP contribution in [0.2, 0.25) is 0 Å².